The average molecular weight is 358 g/mol. The fourth-order valence-electron chi connectivity index (χ4n) is 3.83. The fourth-order valence-corrected chi connectivity index (χ4v) is 3.83. The molecule has 2 aliphatic rings. The predicted molar refractivity (Wildman–Crippen MR) is 111 cm³/mol. The molecule has 0 aromatic heterocycles. The first-order valence-electron chi connectivity index (χ1n) is 10.3. The Balaban J connectivity index is 1.61. The van der Waals surface area contributed by atoms with Crippen molar-refractivity contribution in [3.8, 4) is 0 Å². The SMILES string of the molecule is CCN1CCN(C(C)CN=C(Nc2ccccc2)N2CCCCC2)CC1. The van der Waals surface area contributed by atoms with Gasteiger partial charge in [-0.05, 0) is 44.9 Å². The van der Waals surface area contributed by atoms with Crippen molar-refractivity contribution in [2.75, 3.05) is 57.7 Å². The Bertz CT molecular complexity index is 545. The maximum atomic E-state index is 5.03. The Hall–Kier alpha value is -1.59. The molecule has 5 heteroatoms. The Labute approximate surface area is 159 Å². The second kappa shape index (κ2) is 9.93. The largest absolute Gasteiger partial charge is 0.343 e. The van der Waals surface area contributed by atoms with Crippen LogP contribution in [0.3, 0.4) is 0 Å². The molecule has 5 nitrogen and oxygen atoms in total. The van der Waals surface area contributed by atoms with E-state index in [2.05, 4.69) is 64.2 Å². The number of guanidine groups is 1. The van der Waals surface area contributed by atoms with Crippen LogP contribution in [0.5, 0.6) is 0 Å². The molecule has 2 saturated heterocycles. The second-order valence-electron chi connectivity index (χ2n) is 7.52. The van der Waals surface area contributed by atoms with Crippen LogP contribution in [0.25, 0.3) is 0 Å². The van der Waals surface area contributed by atoms with Crippen molar-refractivity contribution in [3.05, 3.63) is 30.3 Å². The van der Waals surface area contributed by atoms with Crippen molar-refractivity contribution in [2.45, 2.75) is 39.2 Å². The highest BCUT2D eigenvalue weighted by molar-refractivity contribution is 5.93. The van der Waals surface area contributed by atoms with Crippen LogP contribution in [0, 0.1) is 0 Å². The van der Waals surface area contributed by atoms with Gasteiger partial charge in [-0.1, -0.05) is 25.1 Å². The summed E-state index contributed by atoms with van der Waals surface area (Å²) in [5.74, 6) is 1.05. The van der Waals surface area contributed by atoms with Crippen molar-refractivity contribution >= 4 is 11.6 Å². The van der Waals surface area contributed by atoms with E-state index >= 15 is 0 Å². The second-order valence-corrected chi connectivity index (χ2v) is 7.52. The van der Waals surface area contributed by atoms with Crippen LogP contribution >= 0.6 is 0 Å². The number of para-hydroxylation sites is 1. The molecule has 2 fully saturated rings. The third-order valence-electron chi connectivity index (χ3n) is 5.67. The van der Waals surface area contributed by atoms with Gasteiger partial charge in [0.15, 0.2) is 5.96 Å². The molecule has 1 aromatic rings. The van der Waals surface area contributed by atoms with Gasteiger partial charge in [0.1, 0.15) is 0 Å². The third kappa shape index (κ3) is 5.45. The normalized spacial score (nSPS) is 21.6. The molecule has 2 heterocycles. The van der Waals surface area contributed by atoms with Gasteiger partial charge in [0.05, 0.1) is 6.54 Å². The van der Waals surface area contributed by atoms with E-state index in [9.17, 15) is 0 Å². The molecule has 3 rings (SSSR count). The number of piperazine rings is 1. The van der Waals surface area contributed by atoms with Gasteiger partial charge < -0.3 is 15.1 Å². The number of benzene rings is 1. The summed E-state index contributed by atoms with van der Waals surface area (Å²) in [6.45, 7) is 13.5. The third-order valence-corrected chi connectivity index (χ3v) is 5.67. The molecule has 0 bridgehead atoms. The zero-order chi connectivity index (χ0) is 18.2. The average Bonchev–Trinajstić information content (AvgIpc) is 2.72. The molecule has 144 valence electrons. The highest BCUT2D eigenvalue weighted by Gasteiger charge is 2.21. The van der Waals surface area contributed by atoms with Crippen LogP contribution in [0.1, 0.15) is 33.1 Å². The van der Waals surface area contributed by atoms with E-state index in [1.165, 1.54) is 38.9 Å². The smallest absolute Gasteiger partial charge is 0.198 e. The maximum absolute atomic E-state index is 5.03. The Morgan fingerprint density at radius 3 is 2.35 bits per heavy atom. The highest BCUT2D eigenvalue weighted by Crippen LogP contribution is 2.13. The van der Waals surface area contributed by atoms with Gasteiger partial charge in [-0.25, -0.2) is 0 Å². The summed E-state index contributed by atoms with van der Waals surface area (Å²) in [7, 11) is 0. The number of anilines is 1. The molecular formula is C21H35N5. The summed E-state index contributed by atoms with van der Waals surface area (Å²) < 4.78 is 0. The van der Waals surface area contributed by atoms with Gasteiger partial charge in [0.2, 0.25) is 0 Å². The highest BCUT2D eigenvalue weighted by atomic mass is 15.3. The predicted octanol–water partition coefficient (Wildman–Crippen LogP) is 2.97. The first kappa shape index (κ1) is 19.2. The number of nitrogens with one attached hydrogen (secondary N) is 1. The van der Waals surface area contributed by atoms with Crippen molar-refractivity contribution in [2.24, 2.45) is 4.99 Å². The lowest BCUT2D eigenvalue weighted by Crippen LogP contribution is -2.50. The Morgan fingerprint density at radius 2 is 1.69 bits per heavy atom. The molecule has 1 unspecified atom stereocenters. The number of piperidine rings is 1. The van der Waals surface area contributed by atoms with Gasteiger partial charge in [-0.2, -0.15) is 0 Å². The minimum absolute atomic E-state index is 0.492. The van der Waals surface area contributed by atoms with Crippen molar-refractivity contribution < 1.29 is 0 Å². The number of rotatable bonds is 5. The summed E-state index contributed by atoms with van der Waals surface area (Å²) in [5.41, 5.74) is 1.13. The lowest BCUT2D eigenvalue weighted by molar-refractivity contribution is 0.109. The number of nitrogens with zero attached hydrogens (tertiary/aromatic N) is 4. The standard InChI is InChI=1S/C21H35N5/c1-3-24-14-16-25(17-15-24)19(2)18-22-21(26-12-8-5-9-13-26)23-20-10-6-4-7-11-20/h4,6-7,10-11,19H,3,5,8-9,12-18H2,1-2H3,(H,22,23). The van der Waals surface area contributed by atoms with E-state index in [0.29, 0.717) is 6.04 Å². The molecule has 1 atom stereocenters. The zero-order valence-electron chi connectivity index (χ0n) is 16.5. The number of likely N-dealkylation sites (N-methyl/N-ethyl adjacent to an activating group) is 1. The molecular weight excluding hydrogens is 322 g/mol. The van der Waals surface area contributed by atoms with Crippen LogP contribution in [0.4, 0.5) is 5.69 Å². The van der Waals surface area contributed by atoms with E-state index in [0.717, 1.165) is 44.4 Å². The summed E-state index contributed by atoms with van der Waals surface area (Å²) in [4.78, 5) is 12.6. The van der Waals surface area contributed by atoms with Crippen molar-refractivity contribution in [1.29, 1.82) is 0 Å². The van der Waals surface area contributed by atoms with E-state index in [1.54, 1.807) is 0 Å². The van der Waals surface area contributed by atoms with E-state index in [4.69, 9.17) is 4.99 Å². The topological polar surface area (TPSA) is 34.1 Å². The minimum atomic E-state index is 0.492. The molecule has 0 radical (unpaired) electrons. The van der Waals surface area contributed by atoms with E-state index < -0.39 is 0 Å². The fraction of sp³-hybridized carbons (Fsp3) is 0.667. The zero-order valence-corrected chi connectivity index (χ0v) is 16.5. The van der Waals surface area contributed by atoms with Crippen LogP contribution in [0.15, 0.2) is 35.3 Å². The molecule has 0 amide bonds. The quantitative estimate of drug-likeness (QED) is 0.649. The summed E-state index contributed by atoms with van der Waals surface area (Å²) in [6, 6.07) is 10.9. The monoisotopic (exact) mass is 357 g/mol. The van der Waals surface area contributed by atoms with Crippen LogP contribution < -0.4 is 5.32 Å². The Kier molecular flexibility index (Phi) is 7.32. The van der Waals surface area contributed by atoms with Gasteiger partial charge >= 0.3 is 0 Å². The van der Waals surface area contributed by atoms with Crippen molar-refractivity contribution in [1.82, 2.24) is 14.7 Å². The molecule has 0 saturated carbocycles. The number of aliphatic imine (C=N–C) groups is 1. The maximum Gasteiger partial charge on any atom is 0.198 e. The minimum Gasteiger partial charge on any atom is -0.343 e. The lowest BCUT2D eigenvalue weighted by atomic mass is 10.1. The number of likely N-dealkylation sites (tertiary alicyclic amines) is 1. The first-order valence-corrected chi connectivity index (χ1v) is 10.3. The molecule has 1 aromatic carbocycles. The molecule has 2 aliphatic heterocycles. The Morgan fingerprint density at radius 1 is 1.00 bits per heavy atom. The summed E-state index contributed by atoms with van der Waals surface area (Å²) >= 11 is 0. The van der Waals surface area contributed by atoms with E-state index in [1.807, 2.05) is 0 Å². The summed E-state index contributed by atoms with van der Waals surface area (Å²) in [5, 5.41) is 3.57. The summed E-state index contributed by atoms with van der Waals surface area (Å²) in [6.07, 6.45) is 3.88. The number of hydrogen-bond donors (Lipinski definition) is 1. The van der Waals surface area contributed by atoms with Crippen LogP contribution in [-0.4, -0.2) is 79.1 Å². The van der Waals surface area contributed by atoms with Crippen molar-refractivity contribution in [3.63, 3.8) is 0 Å². The van der Waals surface area contributed by atoms with Gasteiger partial charge in [0, 0.05) is 51.0 Å². The molecule has 26 heavy (non-hydrogen) atoms. The van der Waals surface area contributed by atoms with Gasteiger partial charge in [-0.3, -0.25) is 9.89 Å². The molecule has 1 N–H and O–H groups in total. The van der Waals surface area contributed by atoms with E-state index in [-0.39, 0.29) is 0 Å². The molecule has 0 aliphatic carbocycles. The first-order chi connectivity index (χ1) is 12.8. The van der Waals surface area contributed by atoms with Gasteiger partial charge in [-0.15, -0.1) is 0 Å². The lowest BCUT2D eigenvalue weighted by Gasteiger charge is -2.37. The number of hydrogen-bond acceptors (Lipinski definition) is 3. The molecule has 0 spiro atoms. The van der Waals surface area contributed by atoms with Crippen LogP contribution in [-0.2, 0) is 0 Å². The van der Waals surface area contributed by atoms with Gasteiger partial charge in [0.25, 0.3) is 0 Å². The van der Waals surface area contributed by atoms with Crippen LogP contribution in [0.2, 0.25) is 0 Å².